The molecule has 1 atom stereocenters. The van der Waals surface area contributed by atoms with Crippen LogP contribution < -0.4 is 10.2 Å². The number of rotatable bonds is 6. The van der Waals surface area contributed by atoms with Crippen LogP contribution >= 0.6 is 24.0 Å². The van der Waals surface area contributed by atoms with Gasteiger partial charge in [0.25, 0.3) is 5.91 Å². The average Bonchev–Trinajstić information content (AvgIpc) is 3.25. The fourth-order valence-corrected chi connectivity index (χ4v) is 5.18. The van der Waals surface area contributed by atoms with Crippen LogP contribution in [0.15, 0.2) is 78.9 Å². The number of ether oxygens (including phenoxy) is 1. The van der Waals surface area contributed by atoms with E-state index in [0.29, 0.717) is 22.3 Å². The first-order valence-electron chi connectivity index (χ1n) is 11.0. The number of nitrogens with zero attached hydrogens (tertiary/aromatic N) is 4. The van der Waals surface area contributed by atoms with Gasteiger partial charge in [-0.2, -0.15) is 9.97 Å². The van der Waals surface area contributed by atoms with E-state index in [1.165, 1.54) is 0 Å². The van der Waals surface area contributed by atoms with Crippen molar-refractivity contribution in [1.29, 1.82) is 0 Å². The summed E-state index contributed by atoms with van der Waals surface area (Å²) in [6.07, 6.45) is 0. The Morgan fingerprint density at radius 2 is 1.71 bits per heavy atom. The van der Waals surface area contributed by atoms with Crippen LogP contribution in [0.1, 0.15) is 16.5 Å². The minimum absolute atomic E-state index is 0.0326. The Bertz CT molecular complexity index is 1410. The van der Waals surface area contributed by atoms with E-state index in [2.05, 4.69) is 10.4 Å². The van der Waals surface area contributed by atoms with Gasteiger partial charge in [-0.15, -0.1) is 11.8 Å². The Labute approximate surface area is 212 Å². The lowest BCUT2D eigenvalue weighted by Gasteiger charge is -2.26. The molecule has 35 heavy (non-hydrogen) atoms. The van der Waals surface area contributed by atoms with E-state index < -0.39 is 0 Å². The summed E-state index contributed by atoms with van der Waals surface area (Å²) in [5.41, 5.74) is 7.03. The number of amides is 1. The number of carbonyl (C=O) groups excluding carboxylic acids is 1. The lowest BCUT2D eigenvalue weighted by Crippen LogP contribution is -2.35. The van der Waals surface area contributed by atoms with Crippen molar-refractivity contribution in [2.24, 2.45) is 0 Å². The number of methoxy groups -OCH3 is 1. The largest absolute Gasteiger partial charge is 0.497 e. The van der Waals surface area contributed by atoms with E-state index in [-0.39, 0.29) is 11.3 Å². The zero-order valence-electron chi connectivity index (χ0n) is 19.2. The summed E-state index contributed by atoms with van der Waals surface area (Å²) >= 11 is 7.29. The van der Waals surface area contributed by atoms with Gasteiger partial charge in [-0.25, -0.2) is 5.01 Å². The average molecular weight is 502 g/mol. The number of anilines is 1. The standard InChI is InChI=1S/C26H23N5O2S2/c1-17-8-12-20(13-9-17)30-25(27-23(28-26(30)34)18-10-14-21(33-2)15-11-18)29-31-22(32)16-35-24(31)19-6-4-3-5-7-19/h3-15,24H,16H2,1-2H3,(H,27,28,29,34). The molecule has 1 amide bonds. The number of carbonyl (C=O) groups is 1. The van der Waals surface area contributed by atoms with Crippen molar-refractivity contribution < 1.29 is 9.53 Å². The van der Waals surface area contributed by atoms with Crippen molar-refractivity contribution in [2.75, 3.05) is 18.3 Å². The molecule has 7 nitrogen and oxygen atoms in total. The Morgan fingerprint density at radius 3 is 2.40 bits per heavy atom. The van der Waals surface area contributed by atoms with Crippen molar-refractivity contribution in [3.05, 3.63) is 94.8 Å². The number of hydrogen-bond donors (Lipinski definition) is 1. The molecule has 176 valence electrons. The summed E-state index contributed by atoms with van der Waals surface area (Å²) in [6, 6.07) is 25.3. The summed E-state index contributed by atoms with van der Waals surface area (Å²) in [5, 5.41) is 1.43. The van der Waals surface area contributed by atoms with Crippen molar-refractivity contribution >= 4 is 35.8 Å². The quantitative estimate of drug-likeness (QED) is 0.346. The Hall–Kier alpha value is -3.69. The van der Waals surface area contributed by atoms with Gasteiger partial charge in [0.05, 0.1) is 18.6 Å². The summed E-state index contributed by atoms with van der Waals surface area (Å²) in [6.45, 7) is 2.02. The van der Waals surface area contributed by atoms with Gasteiger partial charge in [0, 0.05) is 5.56 Å². The molecule has 4 aromatic rings. The second kappa shape index (κ2) is 9.89. The van der Waals surface area contributed by atoms with Crippen molar-refractivity contribution in [3.8, 4) is 22.8 Å². The van der Waals surface area contributed by atoms with Gasteiger partial charge in [0.15, 0.2) is 5.82 Å². The Balaban J connectivity index is 1.61. The molecule has 0 aliphatic carbocycles. The number of aromatic nitrogens is 3. The molecule has 1 fully saturated rings. The van der Waals surface area contributed by atoms with Crippen LogP contribution in [-0.2, 0) is 4.79 Å². The third-order valence-corrected chi connectivity index (χ3v) is 7.12. The zero-order valence-corrected chi connectivity index (χ0v) is 20.8. The summed E-state index contributed by atoms with van der Waals surface area (Å²) in [7, 11) is 1.62. The smallest absolute Gasteiger partial charge is 0.252 e. The van der Waals surface area contributed by atoms with Crippen molar-refractivity contribution in [2.45, 2.75) is 12.3 Å². The molecule has 0 radical (unpaired) electrons. The molecule has 1 aromatic heterocycles. The molecule has 1 unspecified atom stereocenters. The number of thioether (sulfide) groups is 1. The highest BCUT2D eigenvalue weighted by atomic mass is 32.2. The molecular weight excluding hydrogens is 478 g/mol. The van der Waals surface area contributed by atoms with Crippen LogP contribution in [0.5, 0.6) is 5.75 Å². The van der Waals surface area contributed by atoms with Crippen LogP contribution in [-0.4, -0.2) is 38.3 Å². The highest BCUT2D eigenvalue weighted by Crippen LogP contribution is 2.38. The number of nitrogens with one attached hydrogen (secondary N) is 1. The highest BCUT2D eigenvalue weighted by molar-refractivity contribution is 8.00. The molecule has 1 N–H and O–H groups in total. The molecule has 1 aliphatic heterocycles. The van der Waals surface area contributed by atoms with Crippen LogP contribution in [0.4, 0.5) is 5.95 Å². The summed E-state index contributed by atoms with van der Waals surface area (Å²) in [5.74, 6) is 1.95. The first-order valence-corrected chi connectivity index (χ1v) is 12.5. The number of hydrazine groups is 1. The maximum absolute atomic E-state index is 12.9. The predicted molar refractivity (Wildman–Crippen MR) is 141 cm³/mol. The van der Waals surface area contributed by atoms with Crippen LogP contribution in [0.2, 0.25) is 0 Å². The molecule has 0 spiro atoms. The van der Waals surface area contributed by atoms with E-state index in [1.807, 2.05) is 85.8 Å². The van der Waals surface area contributed by atoms with Crippen molar-refractivity contribution in [1.82, 2.24) is 19.5 Å². The number of hydrogen-bond acceptors (Lipinski definition) is 7. The van der Waals surface area contributed by atoms with Gasteiger partial charge in [-0.1, -0.05) is 48.0 Å². The van der Waals surface area contributed by atoms with Gasteiger partial charge in [-0.05, 0) is 61.1 Å². The van der Waals surface area contributed by atoms with E-state index in [9.17, 15) is 4.79 Å². The molecule has 0 saturated carbocycles. The van der Waals surface area contributed by atoms with E-state index in [4.69, 9.17) is 21.9 Å². The molecule has 0 bridgehead atoms. The molecular formula is C26H23N5O2S2. The van der Waals surface area contributed by atoms with Gasteiger partial charge in [-0.3, -0.25) is 14.8 Å². The maximum Gasteiger partial charge on any atom is 0.252 e. The summed E-state index contributed by atoms with van der Waals surface area (Å²) < 4.78 is 7.35. The van der Waals surface area contributed by atoms with E-state index in [0.717, 1.165) is 28.1 Å². The molecule has 3 aromatic carbocycles. The second-order valence-electron chi connectivity index (χ2n) is 8.00. The SMILES string of the molecule is COc1ccc(-c2nc(NN3C(=O)CSC3c3ccccc3)n(-c3ccc(C)cc3)c(=S)n2)cc1. The van der Waals surface area contributed by atoms with Gasteiger partial charge in [0.1, 0.15) is 11.1 Å². The first kappa shape index (κ1) is 23.1. The molecule has 2 heterocycles. The first-order chi connectivity index (χ1) is 17.0. The normalized spacial score (nSPS) is 15.3. The van der Waals surface area contributed by atoms with E-state index >= 15 is 0 Å². The molecule has 1 saturated heterocycles. The van der Waals surface area contributed by atoms with Crippen LogP contribution in [0.25, 0.3) is 17.1 Å². The third-order valence-electron chi connectivity index (χ3n) is 5.63. The van der Waals surface area contributed by atoms with Crippen LogP contribution in [0, 0.1) is 11.7 Å². The highest BCUT2D eigenvalue weighted by Gasteiger charge is 2.34. The van der Waals surface area contributed by atoms with Crippen LogP contribution in [0.3, 0.4) is 0 Å². The molecule has 5 rings (SSSR count). The zero-order chi connectivity index (χ0) is 24.4. The Kier molecular flexibility index (Phi) is 6.52. The lowest BCUT2D eigenvalue weighted by atomic mass is 10.2. The minimum atomic E-state index is -0.192. The van der Waals surface area contributed by atoms with Crippen molar-refractivity contribution in [3.63, 3.8) is 0 Å². The lowest BCUT2D eigenvalue weighted by molar-refractivity contribution is -0.126. The fraction of sp³-hybridized carbons (Fsp3) is 0.154. The fourth-order valence-electron chi connectivity index (χ4n) is 3.79. The molecule has 9 heteroatoms. The number of aryl methyl sites for hydroxylation is 1. The monoisotopic (exact) mass is 501 g/mol. The Morgan fingerprint density at radius 1 is 1.00 bits per heavy atom. The minimum Gasteiger partial charge on any atom is -0.497 e. The predicted octanol–water partition coefficient (Wildman–Crippen LogP) is 5.58. The number of benzene rings is 3. The second-order valence-corrected chi connectivity index (χ2v) is 9.44. The summed E-state index contributed by atoms with van der Waals surface area (Å²) in [4.78, 5) is 22.3. The van der Waals surface area contributed by atoms with Gasteiger partial charge in [0.2, 0.25) is 10.7 Å². The maximum atomic E-state index is 12.9. The molecule has 1 aliphatic rings. The topological polar surface area (TPSA) is 72.3 Å². The van der Waals surface area contributed by atoms with E-state index in [1.54, 1.807) is 28.4 Å². The van der Waals surface area contributed by atoms with Gasteiger partial charge < -0.3 is 4.74 Å². The third kappa shape index (κ3) is 4.78. The van der Waals surface area contributed by atoms with Gasteiger partial charge >= 0.3 is 0 Å².